The minimum absolute atomic E-state index is 0.0273. The number of imidazole rings is 1. The van der Waals surface area contributed by atoms with E-state index in [2.05, 4.69) is 4.98 Å². The molecule has 1 aliphatic heterocycles. The molecule has 2 heterocycles. The van der Waals surface area contributed by atoms with Gasteiger partial charge < -0.3 is 14.4 Å². The molecule has 1 amide bonds. The van der Waals surface area contributed by atoms with Crippen LogP contribution in [0.4, 0.5) is 0 Å². The summed E-state index contributed by atoms with van der Waals surface area (Å²) in [6.45, 7) is 5.02. The molecule has 0 atom stereocenters. The van der Waals surface area contributed by atoms with Gasteiger partial charge in [-0.3, -0.25) is 9.36 Å². The van der Waals surface area contributed by atoms with Crippen molar-refractivity contribution in [1.82, 2.24) is 14.5 Å². The highest BCUT2D eigenvalue weighted by molar-refractivity contribution is 5.97. The third kappa shape index (κ3) is 3.04. The lowest BCUT2D eigenvalue weighted by atomic mass is 10.1. The number of carbonyl (C=O) groups is 1. The molecule has 6 heteroatoms. The predicted molar refractivity (Wildman–Crippen MR) is 99.0 cm³/mol. The molecule has 0 aliphatic carbocycles. The number of morpholine rings is 1. The molecule has 0 radical (unpaired) electrons. The van der Waals surface area contributed by atoms with Crippen LogP contribution in [-0.2, 0) is 4.74 Å². The molecule has 6 nitrogen and oxygen atoms in total. The Morgan fingerprint density at radius 1 is 1.19 bits per heavy atom. The number of aromatic nitrogens is 2. The number of ether oxygens (including phenoxy) is 2. The zero-order chi connectivity index (χ0) is 17.9. The van der Waals surface area contributed by atoms with E-state index < -0.39 is 0 Å². The van der Waals surface area contributed by atoms with Crippen molar-refractivity contribution < 1.29 is 14.3 Å². The average Bonchev–Trinajstić information content (AvgIpc) is 3.12. The van der Waals surface area contributed by atoms with Gasteiger partial charge >= 0.3 is 0 Å². The average molecular weight is 351 g/mol. The van der Waals surface area contributed by atoms with Crippen LogP contribution in [0.2, 0.25) is 0 Å². The van der Waals surface area contributed by atoms with Gasteiger partial charge in [0.25, 0.3) is 5.91 Å². The van der Waals surface area contributed by atoms with Crippen molar-refractivity contribution in [2.45, 2.75) is 6.92 Å². The summed E-state index contributed by atoms with van der Waals surface area (Å²) in [4.78, 5) is 19.0. The maximum absolute atomic E-state index is 12.7. The Balaban J connectivity index is 1.69. The Hall–Kier alpha value is -2.86. The van der Waals surface area contributed by atoms with Crippen LogP contribution in [0.1, 0.15) is 17.3 Å². The van der Waals surface area contributed by atoms with Crippen molar-refractivity contribution in [1.29, 1.82) is 0 Å². The molecule has 1 saturated heterocycles. The largest absolute Gasteiger partial charge is 0.492 e. The van der Waals surface area contributed by atoms with Crippen molar-refractivity contribution in [3.63, 3.8) is 0 Å². The van der Waals surface area contributed by atoms with Crippen molar-refractivity contribution in [3.8, 4) is 11.4 Å². The molecule has 1 aliphatic rings. The molecule has 4 rings (SSSR count). The molecule has 0 spiro atoms. The van der Waals surface area contributed by atoms with E-state index in [1.165, 1.54) is 0 Å². The van der Waals surface area contributed by atoms with Crippen molar-refractivity contribution in [3.05, 3.63) is 54.4 Å². The summed E-state index contributed by atoms with van der Waals surface area (Å²) in [6.07, 6.45) is 1.77. The Morgan fingerprint density at radius 3 is 2.81 bits per heavy atom. The second-order valence-electron chi connectivity index (χ2n) is 6.12. The first kappa shape index (κ1) is 16.6. The van der Waals surface area contributed by atoms with E-state index in [4.69, 9.17) is 9.47 Å². The lowest BCUT2D eigenvalue weighted by Crippen LogP contribution is -2.40. The smallest absolute Gasteiger partial charge is 0.254 e. The number of hydrogen-bond donors (Lipinski definition) is 0. The molecule has 3 aromatic rings. The number of carbonyl (C=O) groups excluding carboxylic acids is 1. The first-order valence-corrected chi connectivity index (χ1v) is 8.84. The SMILES string of the molecule is CCOc1ccccc1-n1cnc2cc(C(=O)N3CCOCC3)ccc21. The van der Waals surface area contributed by atoms with E-state index in [1.807, 2.05) is 58.9 Å². The molecule has 26 heavy (non-hydrogen) atoms. The fourth-order valence-electron chi connectivity index (χ4n) is 3.22. The van der Waals surface area contributed by atoms with Crippen molar-refractivity contribution in [2.75, 3.05) is 32.9 Å². The lowest BCUT2D eigenvalue weighted by Gasteiger charge is -2.26. The summed E-state index contributed by atoms with van der Waals surface area (Å²) in [5.74, 6) is 0.835. The van der Waals surface area contributed by atoms with Crippen molar-refractivity contribution in [2.24, 2.45) is 0 Å². The van der Waals surface area contributed by atoms with Crippen LogP contribution in [0.3, 0.4) is 0 Å². The quantitative estimate of drug-likeness (QED) is 0.725. The zero-order valence-electron chi connectivity index (χ0n) is 14.7. The molecular formula is C20H21N3O3. The van der Waals surface area contributed by atoms with Crippen LogP contribution in [0.5, 0.6) is 5.75 Å². The van der Waals surface area contributed by atoms with Crippen molar-refractivity contribution >= 4 is 16.9 Å². The number of rotatable bonds is 4. The third-order valence-electron chi connectivity index (χ3n) is 4.52. The first-order valence-electron chi connectivity index (χ1n) is 8.84. The summed E-state index contributed by atoms with van der Waals surface area (Å²) in [6, 6.07) is 13.5. The van der Waals surface area contributed by atoms with Crippen LogP contribution in [0, 0.1) is 0 Å². The molecule has 0 N–H and O–H groups in total. The van der Waals surface area contributed by atoms with E-state index in [0.29, 0.717) is 38.5 Å². The first-order chi connectivity index (χ1) is 12.8. The highest BCUT2D eigenvalue weighted by Gasteiger charge is 2.19. The number of benzene rings is 2. The van der Waals surface area contributed by atoms with Gasteiger partial charge in [-0.1, -0.05) is 12.1 Å². The van der Waals surface area contributed by atoms with E-state index in [0.717, 1.165) is 22.5 Å². The summed E-state index contributed by atoms with van der Waals surface area (Å²) in [7, 11) is 0. The number of hydrogen-bond acceptors (Lipinski definition) is 4. The zero-order valence-corrected chi connectivity index (χ0v) is 14.7. The van der Waals surface area contributed by atoms with Gasteiger partial charge in [-0.05, 0) is 37.3 Å². The molecule has 1 fully saturated rings. The summed E-state index contributed by atoms with van der Waals surface area (Å²) < 4.78 is 13.0. The standard InChI is InChI=1S/C20H21N3O3/c1-2-26-19-6-4-3-5-18(19)23-14-21-16-13-15(7-8-17(16)23)20(24)22-9-11-25-12-10-22/h3-8,13-14H,2,9-12H2,1H3. The van der Waals surface area contributed by atoms with Gasteiger partial charge in [0.1, 0.15) is 12.1 Å². The molecule has 0 unspecified atom stereocenters. The van der Waals surface area contributed by atoms with Crippen LogP contribution >= 0.6 is 0 Å². The fraction of sp³-hybridized carbons (Fsp3) is 0.300. The normalized spacial score (nSPS) is 14.6. The van der Waals surface area contributed by atoms with Gasteiger partial charge in [-0.2, -0.15) is 0 Å². The van der Waals surface area contributed by atoms with E-state index in [1.54, 1.807) is 6.33 Å². The molecule has 134 valence electrons. The highest BCUT2D eigenvalue weighted by atomic mass is 16.5. The minimum atomic E-state index is 0.0273. The molecule has 1 aromatic heterocycles. The van der Waals surface area contributed by atoms with E-state index >= 15 is 0 Å². The minimum Gasteiger partial charge on any atom is -0.492 e. The fourth-order valence-corrected chi connectivity index (χ4v) is 3.22. The predicted octanol–water partition coefficient (Wildman–Crippen LogP) is 2.90. The number of amides is 1. The Kier molecular flexibility index (Phi) is 4.58. The van der Waals surface area contributed by atoms with E-state index in [9.17, 15) is 4.79 Å². The number of para-hydroxylation sites is 2. The second-order valence-corrected chi connectivity index (χ2v) is 6.12. The van der Waals surface area contributed by atoms with Gasteiger partial charge in [0.2, 0.25) is 0 Å². The number of fused-ring (bicyclic) bond motifs is 1. The topological polar surface area (TPSA) is 56.6 Å². The Morgan fingerprint density at radius 2 is 2.00 bits per heavy atom. The van der Waals surface area contributed by atoms with Gasteiger partial charge in [-0.15, -0.1) is 0 Å². The van der Waals surface area contributed by atoms with Crippen LogP contribution < -0.4 is 4.74 Å². The van der Waals surface area contributed by atoms with E-state index in [-0.39, 0.29) is 5.91 Å². The lowest BCUT2D eigenvalue weighted by molar-refractivity contribution is 0.0303. The third-order valence-corrected chi connectivity index (χ3v) is 4.52. The van der Waals surface area contributed by atoms with Crippen LogP contribution in [0.15, 0.2) is 48.8 Å². The summed E-state index contributed by atoms with van der Waals surface area (Å²) in [5, 5.41) is 0. The maximum atomic E-state index is 12.7. The van der Waals surface area contributed by atoms with Crippen LogP contribution in [0.25, 0.3) is 16.7 Å². The Labute approximate surface area is 152 Å². The monoisotopic (exact) mass is 351 g/mol. The summed E-state index contributed by atoms with van der Waals surface area (Å²) >= 11 is 0. The summed E-state index contributed by atoms with van der Waals surface area (Å²) in [5.41, 5.74) is 3.32. The molecular weight excluding hydrogens is 330 g/mol. The molecule has 0 bridgehead atoms. The second kappa shape index (κ2) is 7.17. The molecule has 2 aromatic carbocycles. The van der Waals surface area contributed by atoms with Gasteiger partial charge in [0, 0.05) is 18.7 Å². The highest BCUT2D eigenvalue weighted by Crippen LogP contribution is 2.27. The van der Waals surface area contributed by atoms with Gasteiger partial charge in [-0.25, -0.2) is 4.98 Å². The number of nitrogens with zero attached hydrogens (tertiary/aromatic N) is 3. The van der Waals surface area contributed by atoms with Gasteiger partial charge in [0.05, 0.1) is 36.5 Å². The molecule has 0 saturated carbocycles. The van der Waals surface area contributed by atoms with Crippen LogP contribution in [-0.4, -0.2) is 53.3 Å². The maximum Gasteiger partial charge on any atom is 0.254 e. The van der Waals surface area contributed by atoms with Gasteiger partial charge in [0.15, 0.2) is 0 Å². The Bertz CT molecular complexity index is 929.